The third-order valence-corrected chi connectivity index (χ3v) is 2.28. The maximum atomic E-state index is 11.6. The number of hydrogen-bond acceptors (Lipinski definition) is 5. The van der Waals surface area contributed by atoms with Crippen LogP contribution in [0.4, 0.5) is 5.69 Å². The number of fused-ring (bicyclic) bond motifs is 1. The molecule has 1 aromatic carbocycles. The van der Waals surface area contributed by atoms with Crippen LogP contribution in [0.2, 0.25) is 0 Å². The Kier molecular flexibility index (Phi) is 3.04. The Balaban J connectivity index is 2.41. The third kappa shape index (κ3) is 2.18. The van der Waals surface area contributed by atoms with Crippen LogP contribution in [0, 0.1) is 22.7 Å². The van der Waals surface area contributed by atoms with Gasteiger partial charge in [-0.05, 0) is 23.6 Å². The van der Waals surface area contributed by atoms with E-state index < -0.39 is 0 Å². The minimum Gasteiger partial charge on any atom is -0.329 e. The molecule has 0 radical (unpaired) electrons. The van der Waals surface area contributed by atoms with Crippen molar-refractivity contribution in [3.8, 4) is 12.1 Å². The Hall–Kier alpha value is -3.12. The van der Waals surface area contributed by atoms with Gasteiger partial charge in [0.25, 0.3) is 5.56 Å². The predicted molar refractivity (Wildman–Crippen MR) is 66.9 cm³/mol. The van der Waals surface area contributed by atoms with Gasteiger partial charge in [0.05, 0.1) is 5.69 Å². The number of nitrogens with one attached hydrogen (secondary N) is 2. The van der Waals surface area contributed by atoms with Crippen LogP contribution in [0.5, 0.6) is 0 Å². The largest absolute Gasteiger partial charge is 0.329 e. The molecular weight excluding hydrogens is 230 g/mol. The highest BCUT2D eigenvalue weighted by Gasteiger charge is 2.00. The molecule has 0 atom stereocenters. The van der Waals surface area contributed by atoms with Crippen LogP contribution < -0.4 is 11.0 Å². The first-order valence-corrected chi connectivity index (χ1v) is 5.00. The maximum Gasteiger partial charge on any atom is 0.255 e. The summed E-state index contributed by atoms with van der Waals surface area (Å²) < 4.78 is 0. The Labute approximate surface area is 102 Å². The highest BCUT2D eigenvalue weighted by Crippen LogP contribution is 2.15. The molecule has 0 spiro atoms. The van der Waals surface area contributed by atoms with Crippen molar-refractivity contribution in [2.24, 2.45) is 5.10 Å². The smallest absolute Gasteiger partial charge is 0.255 e. The van der Waals surface area contributed by atoms with E-state index in [0.717, 1.165) is 5.39 Å². The minimum absolute atomic E-state index is 0.207. The van der Waals surface area contributed by atoms with E-state index >= 15 is 0 Å². The molecule has 18 heavy (non-hydrogen) atoms. The van der Waals surface area contributed by atoms with Crippen LogP contribution in [0.3, 0.4) is 0 Å². The number of aromatic nitrogens is 1. The van der Waals surface area contributed by atoms with Crippen molar-refractivity contribution in [2.75, 3.05) is 5.43 Å². The number of hydrazone groups is 1. The predicted octanol–water partition coefficient (Wildman–Crippen LogP) is 1.34. The van der Waals surface area contributed by atoms with E-state index in [4.69, 9.17) is 10.5 Å². The monoisotopic (exact) mass is 237 g/mol. The molecule has 0 amide bonds. The first-order chi connectivity index (χ1) is 8.74. The van der Waals surface area contributed by atoms with Crippen LogP contribution in [0.1, 0.15) is 0 Å². The average molecular weight is 237 g/mol. The zero-order chi connectivity index (χ0) is 13.0. The van der Waals surface area contributed by atoms with Gasteiger partial charge in [-0.15, -0.1) is 0 Å². The third-order valence-electron chi connectivity index (χ3n) is 2.28. The number of nitrogens with zero attached hydrogens (tertiary/aromatic N) is 3. The van der Waals surface area contributed by atoms with Crippen LogP contribution in [0.15, 0.2) is 40.4 Å². The maximum absolute atomic E-state index is 11.6. The molecule has 0 aliphatic heterocycles. The summed E-state index contributed by atoms with van der Waals surface area (Å²) in [4.78, 5) is 14.1. The molecule has 0 fully saturated rings. The highest BCUT2D eigenvalue weighted by atomic mass is 16.1. The number of rotatable bonds is 2. The molecule has 0 saturated carbocycles. The first-order valence-electron chi connectivity index (χ1n) is 5.00. The highest BCUT2D eigenvalue weighted by molar-refractivity contribution is 6.10. The molecular formula is C12H7N5O. The van der Waals surface area contributed by atoms with Crippen molar-refractivity contribution in [1.29, 1.82) is 10.5 Å². The molecule has 2 N–H and O–H groups in total. The van der Waals surface area contributed by atoms with E-state index in [9.17, 15) is 4.79 Å². The lowest BCUT2D eigenvalue weighted by molar-refractivity contribution is 1.27. The quantitative estimate of drug-likeness (QED) is 0.607. The summed E-state index contributed by atoms with van der Waals surface area (Å²) in [5.74, 6) is 0. The minimum atomic E-state index is -0.280. The fraction of sp³-hybridized carbons (Fsp3) is 0. The second kappa shape index (κ2) is 4.81. The zero-order valence-electron chi connectivity index (χ0n) is 9.14. The fourth-order valence-electron chi connectivity index (χ4n) is 1.45. The van der Waals surface area contributed by atoms with E-state index in [1.807, 2.05) is 0 Å². The molecule has 0 unspecified atom stereocenters. The van der Waals surface area contributed by atoms with Gasteiger partial charge in [0.2, 0.25) is 5.71 Å². The van der Waals surface area contributed by atoms with E-state index in [-0.39, 0.29) is 11.3 Å². The molecule has 1 heterocycles. The fourth-order valence-corrected chi connectivity index (χ4v) is 1.45. The second-order valence-corrected chi connectivity index (χ2v) is 3.40. The first kappa shape index (κ1) is 11.4. The summed E-state index contributed by atoms with van der Waals surface area (Å²) in [6, 6.07) is 10.1. The van der Waals surface area contributed by atoms with Crippen LogP contribution in [-0.4, -0.2) is 10.7 Å². The number of anilines is 1. The van der Waals surface area contributed by atoms with Gasteiger partial charge in [-0.3, -0.25) is 10.2 Å². The van der Waals surface area contributed by atoms with Gasteiger partial charge in [-0.25, -0.2) is 0 Å². The summed E-state index contributed by atoms with van der Waals surface area (Å²) in [6.45, 7) is 0. The van der Waals surface area contributed by atoms with Crippen molar-refractivity contribution in [2.45, 2.75) is 0 Å². The SMILES string of the molecule is N#CC(C#N)=NNc1ccc2cc[nH]c(=O)c2c1. The van der Waals surface area contributed by atoms with Crippen molar-refractivity contribution in [3.63, 3.8) is 0 Å². The Morgan fingerprint density at radius 3 is 2.78 bits per heavy atom. The molecule has 0 aliphatic rings. The van der Waals surface area contributed by atoms with Crippen molar-refractivity contribution < 1.29 is 0 Å². The average Bonchev–Trinajstić information content (AvgIpc) is 2.41. The number of H-pyrrole nitrogens is 1. The van der Waals surface area contributed by atoms with E-state index in [0.29, 0.717) is 11.1 Å². The van der Waals surface area contributed by atoms with Crippen molar-refractivity contribution >= 4 is 22.2 Å². The van der Waals surface area contributed by atoms with E-state index in [1.165, 1.54) is 0 Å². The summed E-state index contributed by atoms with van der Waals surface area (Å²) in [6.07, 6.45) is 1.57. The summed E-state index contributed by atoms with van der Waals surface area (Å²) in [5.41, 5.74) is 2.60. The number of nitriles is 2. The molecule has 86 valence electrons. The molecule has 2 aromatic rings. The zero-order valence-corrected chi connectivity index (χ0v) is 9.14. The second-order valence-electron chi connectivity index (χ2n) is 3.40. The van der Waals surface area contributed by atoms with Gasteiger partial charge < -0.3 is 4.98 Å². The summed E-state index contributed by atoms with van der Waals surface area (Å²) in [5, 5.41) is 22.0. The molecule has 1 aromatic heterocycles. The van der Waals surface area contributed by atoms with Crippen LogP contribution >= 0.6 is 0 Å². The van der Waals surface area contributed by atoms with Crippen molar-refractivity contribution in [3.05, 3.63) is 40.8 Å². The lowest BCUT2D eigenvalue weighted by atomic mass is 10.1. The lowest BCUT2D eigenvalue weighted by Crippen LogP contribution is -2.05. The normalized spacial score (nSPS) is 9.22. The molecule has 0 saturated heterocycles. The molecule has 2 rings (SSSR count). The Bertz CT molecular complexity index is 744. The van der Waals surface area contributed by atoms with Gasteiger partial charge >= 0.3 is 0 Å². The molecule has 6 heteroatoms. The summed E-state index contributed by atoms with van der Waals surface area (Å²) >= 11 is 0. The molecule has 0 aliphatic carbocycles. The van der Waals surface area contributed by atoms with Gasteiger partial charge in [-0.1, -0.05) is 6.07 Å². The van der Waals surface area contributed by atoms with Gasteiger partial charge in [0, 0.05) is 11.6 Å². The van der Waals surface area contributed by atoms with Crippen molar-refractivity contribution in [1.82, 2.24) is 4.98 Å². The number of pyridine rings is 1. The van der Waals surface area contributed by atoms with Gasteiger partial charge in [0.15, 0.2) is 0 Å². The van der Waals surface area contributed by atoms with Gasteiger partial charge in [-0.2, -0.15) is 15.6 Å². The van der Waals surface area contributed by atoms with Crippen LogP contribution in [0.25, 0.3) is 10.8 Å². The Morgan fingerprint density at radius 2 is 2.06 bits per heavy atom. The topological polar surface area (TPSA) is 105 Å². The molecule has 6 nitrogen and oxygen atoms in total. The lowest BCUT2D eigenvalue weighted by Gasteiger charge is -2.01. The van der Waals surface area contributed by atoms with E-state index in [1.54, 1.807) is 42.6 Å². The standard InChI is InChI=1S/C12H7N5O/c13-6-10(7-14)17-16-9-2-1-8-3-4-15-12(18)11(8)5-9/h1-5,16H,(H,15,18). The summed E-state index contributed by atoms with van der Waals surface area (Å²) in [7, 11) is 0. The van der Waals surface area contributed by atoms with Crippen LogP contribution in [-0.2, 0) is 0 Å². The van der Waals surface area contributed by atoms with E-state index in [2.05, 4.69) is 15.5 Å². The molecule has 0 bridgehead atoms. The number of benzene rings is 1. The van der Waals surface area contributed by atoms with Gasteiger partial charge in [0.1, 0.15) is 12.1 Å². The number of hydrogen-bond donors (Lipinski definition) is 2. The number of aromatic amines is 1. The Morgan fingerprint density at radius 1 is 1.28 bits per heavy atom.